The van der Waals surface area contributed by atoms with E-state index in [0.29, 0.717) is 51.4 Å². The predicted octanol–water partition coefficient (Wildman–Crippen LogP) is -0.587. The summed E-state index contributed by atoms with van der Waals surface area (Å²) < 4.78 is 37.7. The quantitative estimate of drug-likeness (QED) is 0.505. The third kappa shape index (κ3) is 6.16. The number of benzene rings is 1. The molecule has 11 heteroatoms. The number of carbonyl (C=O) groups excluding carboxylic acids is 2. The van der Waals surface area contributed by atoms with Crippen LogP contribution in [0.1, 0.15) is 12.8 Å². The zero-order valence-corrected chi connectivity index (χ0v) is 18.5. The maximum atomic E-state index is 13.0. The molecule has 31 heavy (non-hydrogen) atoms. The molecule has 10 nitrogen and oxygen atoms in total. The number of morpholine rings is 1. The first-order valence-electron chi connectivity index (χ1n) is 10.4. The predicted molar refractivity (Wildman–Crippen MR) is 113 cm³/mol. The van der Waals surface area contributed by atoms with Gasteiger partial charge in [0, 0.05) is 45.3 Å². The molecule has 0 saturated carbocycles. The van der Waals surface area contributed by atoms with Crippen LogP contribution in [0.5, 0.6) is 5.75 Å². The summed E-state index contributed by atoms with van der Waals surface area (Å²) in [6.45, 7) is 4.44. The van der Waals surface area contributed by atoms with E-state index in [-0.39, 0.29) is 11.4 Å². The van der Waals surface area contributed by atoms with Crippen molar-refractivity contribution in [2.75, 3.05) is 59.6 Å². The highest BCUT2D eigenvalue weighted by molar-refractivity contribution is 7.89. The van der Waals surface area contributed by atoms with E-state index in [4.69, 9.17) is 9.47 Å². The standard InChI is InChI=1S/C20H30N4O6S/c1-29-17-4-6-18(7-5-17)31(27,28)24-9-2-3-16(24)15-22-20(26)19(25)21-8-10-23-11-13-30-14-12-23/h4-7,16H,2-3,8-15H2,1H3,(H,21,25)(H,22,26). The summed E-state index contributed by atoms with van der Waals surface area (Å²) in [5.74, 6) is -0.893. The summed E-state index contributed by atoms with van der Waals surface area (Å²) in [4.78, 5) is 26.5. The second-order valence-electron chi connectivity index (χ2n) is 7.51. The van der Waals surface area contributed by atoms with Crippen molar-refractivity contribution >= 4 is 21.8 Å². The molecule has 172 valence electrons. The molecule has 0 aliphatic carbocycles. The van der Waals surface area contributed by atoms with Crippen molar-refractivity contribution in [3.05, 3.63) is 24.3 Å². The minimum absolute atomic E-state index is 0.0884. The maximum absolute atomic E-state index is 13.0. The van der Waals surface area contributed by atoms with E-state index in [0.717, 1.165) is 13.1 Å². The number of carbonyl (C=O) groups is 2. The molecule has 2 amide bonds. The van der Waals surface area contributed by atoms with Crippen molar-refractivity contribution in [2.24, 2.45) is 0 Å². The van der Waals surface area contributed by atoms with Gasteiger partial charge in [0.25, 0.3) is 0 Å². The van der Waals surface area contributed by atoms with E-state index >= 15 is 0 Å². The first-order valence-corrected chi connectivity index (χ1v) is 11.9. The Bertz CT molecular complexity index is 855. The van der Waals surface area contributed by atoms with Crippen LogP contribution in [0.3, 0.4) is 0 Å². The fraction of sp³-hybridized carbons (Fsp3) is 0.600. The average molecular weight is 455 g/mol. The Morgan fingerprint density at radius 3 is 2.45 bits per heavy atom. The van der Waals surface area contributed by atoms with Crippen LogP contribution in [-0.4, -0.2) is 95.1 Å². The van der Waals surface area contributed by atoms with Crippen LogP contribution in [0, 0.1) is 0 Å². The van der Waals surface area contributed by atoms with Crippen LogP contribution in [0.15, 0.2) is 29.2 Å². The molecule has 0 bridgehead atoms. The van der Waals surface area contributed by atoms with Gasteiger partial charge in [-0.15, -0.1) is 0 Å². The first-order chi connectivity index (χ1) is 14.9. The van der Waals surface area contributed by atoms with Gasteiger partial charge in [-0.05, 0) is 37.1 Å². The van der Waals surface area contributed by atoms with Gasteiger partial charge in [-0.25, -0.2) is 8.42 Å². The summed E-state index contributed by atoms with van der Waals surface area (Å²) in [5, 5.41) is 5.18. The number of hydrogen-bond donors (Lipinski definition) is 2. The zero-order chi connectivity index (χ0) is 22.3. The van der Waals surface area contributed by atoms with E-state index < -0.39 is 27.9 Å². The van der Waals surface area contributed by atoms with Gasteiger partial charge >= 0.3 is 11.8 Å². The van der Waals surface area contributed by atoms with Gasteiger partial charge in [0.2, 0.25) is 10.0 Å². The molecule has 1 aromatic rings. The zero-order valence-electron chi connectivity index (χ0n) is 17.7. The van der Waals surface area contributed by atoms with Crippen molar-refractivity contribution in [1.29, 1.82) is 0 Å². The lowest BCUT2D eigenvalue weighted by molar-refractivity contribution is -0.139. The van der Waals surface area contributed by atoms with E-state index in [1.165, 1.54) is 23.5 Å². The Morgan fingerprint density at radius 1 is 1.10 bits per heavy atom. The monoisotopic (exact) mass is 454 g/mol. The third-order valence-electron chi connectivity index (χ3n) is 5.51. The van der Waals surface area contributed by atoms with Crippen LogP contribution in [0.4, 0.5) is 0 Å². The van der Waals surface area contributed by atoms with Gasteiger partial charge in [-0.1, -0.05) is 0 Å². The number of nitrogens with one attached hydrogen (secondary N) is 2. The molecular formula is C20H30N4O6S. The summed E-state index contributed by atoms with van der Waals surface area (Å²) in [7, 11) is -2.18. The first kappa shape index (κ1) is 23.5. The normalized spacial score (nSPS) is 20.4. The minimum atomic E-state index is -3.70. The number of rotatable bonds is 8. The fourth-order valence-corrected chi connectivity index (χ4v) is 5.43. The molecule has 0 aromatic heterocycles. The Balaban J connectivity index is 1.48. The summed E-state index contributed by atoms with van der Waals surface area (Å²) in [6.07, 6.45) is 1.32. The van der Waals surface area contributed by atoms with Gasteiger partial charge in [0.05, 0.1) is 25.2 Å². The smallest absolute Gasteiger partial charge is 0.309 e. The van der Waals surface area contributed by atoms with Crippen molar-refractivity contribution in [3.8, 4) is 5.75 Å². The molecule has 1 aromatic carbocycles. The lowest BCUT2D eigenvalue weighted by atomic mass is 10.2. The van der Waals surface area contributed by atoms with E-state index in [1.807, 2.05) is 0 Å². The van der Waals surface area contributed by atoms with Crippen LogP contribution in [0.2, 0.25) is 0 Å². The lowest BCUT2D eigenvalue weighted by Gasteiger charge is -2.26. The van der Waals surface area contributed by atoms with Crippen LogP contribution < -0.4 is 15.4 Å². The number of hydrogen-bond acceptors (Lipinski definition) is 7. The Morgan fingerprint density at radius 2 is 1.77 bits per heavy atom. The molecule has 1 unspecified atom stereocenters. The third-order valence-corrected chi connectivity index (χ3v) is 7.48. The Labute approximate surface area is 182 Å². The molecule has 2 saturated heterocycles. The summed E-state index contributed by atoms with van der Waals surface area (Å²) in [5.41, 5.74) is 0. The Kier molecular flexibility index (Phi) is 8.24. The molecule has 2 N–H and O–H groups in total. The number of ether oxygens (including phenoxy) is 2. The molecule has 3 rings (SSSR count). The molecular weight excluding hydrogens is 424 g/mol. The maximum Gasteiger partial charge on any atom is 0.309 e. The van der Waals surface area contributed by atoms with Crippen molar-refractivity contribution in [3.63, 3.8) is 0 Å². The number of methoxy groups -OCH3 is 1. The van der Waals surface area contributed by atoms with Gasteiger partial charge in [0.1, 0.15) is 5.75 Å². The largest absolute Gasteiger partial charge is 0.497 e. The highest BCUT2D eigenvalue weighted by Gasteiger charge is 2.35. The van der Waals surface area contributed by atoms with Crippen molar-refractivity contribution < 1.29 is 27.5 Å². The van der Waals surface area contributed by atoms with Crippen molar-refractivity contribution in [1.82, 2.24) is 19.8 Å². The second kappa shape index (κ2) is 10.9. The van der Waals surface area contributed by atoms with Gasteiger partial charge < -0.3 is 20.1 Å². The molecule has 0 radical (unpaired) electrons. The molecule has 0 spiro atoms. The van der Waals surface area contributed by atoms with E-state index in [1.54, 1.807) is 12.1 Å². The van der Waals surface area contributed by atoms with Crippen LogP contribution >= 0.6 is 0 Å². The van der Waals surface area contributed by atoms with Crippen LogP contribution in [-0.2, 0) is 24.3 Å². The molecule has 2 aliphatic rings. The molecule has 2 aliphatic heterocycles. The number of nitrogens with zero attached hydrogens (tertiary/aromatic N) is 2. The van der Waals surface area contributed by atoms with E-state index in [2.05, 4.69) is 15.5 Å². The molecule has 1 atom stereocenters. The highest BCUT2D eigenvalue weighted by atomic mass is 32.2. The minimum Gasteiger partial charge on any atom is -0.497 e. The Hall–Kier alpha value is -2.21. The molecule has 2 fully saturated rings. The van der Waals surface area contributed by atoms with Crippen LogP contribution in [0.25, 0.3) is 0 Å². The summed E-state index contributed by atoms with van der Waals surface area (Å²) in [6, 6.07) is 5.81. The fourth-order valence-electron chi connectivity index (χ4n) is 3.74. The van der Waals surface area contributed by atoms with Gasteiger partial charge in [-0.2, -0.15) is 4.31 Å². The van der Waals surface area contributed by atoms with Crippen molar-refractivity contribution in [2.45, 2.75) is 23.8 Å². The summed E-state index contributed by atoms with van der Waals surface area (Å²) >= 11 is 0. The molecule has 2 heterocycles. The van der Waals surface area contributed by atoms with Gasteiger partial charge in [0.15, 0.2) is 0 Å². The highest BCUT2D eigenvalue weighted by Crippen LogP contribution is 2.26. The average Bonchev–Trinajstić information content (AvgIpc) is 3.27. The van der Waals surface area contributed by atoms with E-state index in [9.17, 15) is 18.0 Å². The number of sulfonamides is 1. The second-order valence-corrected chi connectivity index (χ2v) is 9.40. The number of amides is 2. The lowest BCUT2D eigenvalue weighted by Crippen LogP contribution is -2.48. The SMILES string of the molecule is COc1ccc(S(=O)(=O)N2CCCC2CNC(=O)C(=O)NCCN2CCOCC2)cc1. The topological polar surface area (TPSA) is 117 Å². The van der Waals surface area contributed by atoms with Gasteiger partial charge in [-0.3, -0.25) is 14.5 Å².